The van der Waals surface area contributed by atoms with Gasteiger partial charge in [-0.3, -0.25) is 0 Å². The summed E-state index contributed by atoms with van der Waals surface area (Å²) in [4.78, 5) is 0. The Morgan fingerprint density at radius 1 is 0.950 bits per heavy atom. The summed E-state index contributed by atoms with van der Waals surface area (Å²) in [6, 6.07) is 4.43. The van der Waals surface area contributed by atoms with Crippen molar-refractivity contribution in [1.82, 2.24) is 0 Å². The van der Waals surface area contributed by atoms with Crippen LogP contribution >= 0.6 is 0 Å². The van der Waals surface area contributed by atoms with Gasteiger partial charge in [0, 0.05) is 0 Å². The van der Waals surface area contributed by atoms with Crippen LogP contribution in [0.1, 0.15) is 68.7 Å². The van der Waals surface area contributed by atoms with E-state index in [9.17, 15) is 5.11 Å². The maximum atomic E-state index is 11.1. The van der Waals surface area contributed by atoms with Crippen molar-refractivity contribution in [3.05, 3.63) is 34.4 Å². The van der Waals surface area contributed by atoms with Crippen molar-refractivity contribution in [3.63, 3.8) is 0 Å². The average molecular weight is 274 g/mol. The molecule has 1 aromatic carbocycles. The summed E-state index contributed by atoms with van der Waals surface area (Å²) in [7, 11) is 0. The van der Waals surface area contributed by atoms with Crippen molar-refractivity contribution in [3.8, 4) is 0 Å². The first kappa shape index (κ1) is 15.6. The molecule has 0 spiro atoms. The molecule has 0 heterocycles. The maximum Gasteiger partial charge on any atom is 0.0899 e. The van der Waals surface area contributed by atoms with Gasteiger partial charge in [-0.05, 0) is 80.0 Å². The highest BCUT2D eigenvalue weighted by Crippen LogP contribution is 2.46. The molecule has 1 aliphatic carbocycles. The van der Waals surface area contributed by atoms with Crippen LogP contribution in [0, 0.1) is 32.1 Å². The monoisotopic (exact) mass is 274 g/mol. The Balaban J connectivity index is 2.24. The molecule has 1 heteroatoms. The van der Waals surface area contributed by atoms with Gasteiger partial charge in [0.25, 0.3) is 0 Å². The maximum absolute atomic E-state index is 11.1. The number of rotatable bonds is 1. The molecule has 1 aliphatic rings. The van der Waals surface area contributed by atoms with Gasteiger partial charge in [-0.25, -0.2) is 0 Å². The minimum absolute atomic E-state index is 0.361. The van der Waals surface area contributed by atoms with Crippen LogP contribution in [0.4, 0.5) is 0 Å². The van der Waals surface area contributed by atoms with Crippen LogP contribution in [-0.4, -0.2) is 5.11 Å². The first-order chi connectivity index (χ1) is 9.13. The van der Waals surface area contributed by atoms with Crippen molar-refractivity contribution in [2.24, 2.45) is 11.3 Å². The largest absolute Gasteiger partial charge is 0.385 e. The van der Waals surface area contributed by atoms with E-state index >= 15 is 0 Å². The van der Waals surface area contributed by atoms with Gasteiger partial charge in [0.15, 0.2) is 0 Å². The number of hydrogen-bond donors (Lipinski definition) is 1. The highest BCUT2D eigenvalue weighted by molar-refractivity contribution is 5.40. The van der Waals surface area contributed by atoms with Gasteiger partial charge in [0.2, 0.25) is 0 Å². The molecule has 0 unspecified atom stereocenters. The summed E-state index contributed by atoms with van der Waals surface area (Å²) in [5.74, 6) is 0.731. The van der Waals surface area contributed by atoms with E-state index in [-0.39, 0.29) is 0 Å². The Labute approximate surface area is 124 Å². The van der Waals surface area contributed by atoms with E-state index in [1.165, 1.54) is 16.7 Å². The normalized spacial score (nSPS) is 27.6. The SMILES string of the molecule is Cc1cc(C)c(C2(O)CCC(C(C)(C)C)CC2)cc1C. The van der Waals surface area contributed by atoms with Gasteiger partial charge >= 0.3 is 0 Å². The number of benzene rings is 1. The van der Waals surface area contributed by atoms with Crippen LogP contribution in [0.3, 0.4) is 0 Å². The zero-order valence-corrected chi connectivity index (χ0v) is 14.0. The fourth-order valence-corrected chi connectivity index (χ4v) is 3.69. The molecule has 1 N–H and O–H groups in total. The molecule has 1 aromatic rings. The fraction of sp³-hybridized carbons (Fsp3) is 0.684. The molecular weight excluding hydrogens is 244 g/mol. The summed E-state index contributed by atoms with van der Waals surface area (Å²) in [5.41, 5.74) is 4.76. The molecule has 1 saturated carbocycles. The molecule has 0 bridgehead atoms. The molecular formula is C19H30O. The first-order valence-electron chi connectivity index (χ1n) is 7.94. The van der Waals surface area contributed by atoms with Gasteiger partial charge in [0.05, 0.1) is 5.60 Å². The lowest BCUT2D eigenvalue weighted by Gasteiger charge is -2.42. The van der Waals surface area contributed by atoms with E-state index in [0.717, 1.165) is 37.2 Å². The highest BCUT2D eigenvalue weighted by atomic mass is 16.3. The zero-order valence-electron chi connectivity index (χ0n) is 14.0. The summed E-state index contributed by atoms with van der Waals surface area (Å²) < 4.78 is 0. The van der Waals surface area contributed by atoms with Crippen molar-refractivity contribution < 1.29 is 5.11 Å². The molecule has 0 aromatic heterocycles. The zero-order chi connectivity index (χ0) is 15.1. The van der Waals surface area contributed by atoms with Crippen LogP contribution in [0.2, 0.25) is 0 Å². The van der Waals surface area contributed by atoms with Crippen molar-refractivity contribution in [1.29, 1.82) is 0 Å². The van der Waals surface area contributed by atoms with E-state index in [1.807, 2.05) is 0 Å². The average Bonchev–Trinajstić information content (AvgIpc) is 2.33. The van der Waals surface area contributed by atoms with Gasteiger partial charge in [-0.1, -0.05) is 32.9 Å². The Hall–Kier alpha value is -0.820. The van der Waals surface area contributed by atoms with Crippen LogP contribution in [0.25, 0.3) is 0 Å². The van der Waals surface area contributed by atoms with E-state index in [0.29, 0.717) is 5.41 Å². The lowest BCUT2D eigenvalue weighted by Crippen LogP contribution is -2.36. The topological polar surface area (TPSA) is 20.2 Å². The second-order valence-corrected chi connectivity index (χ2v) is 7.92. The molecule has 0 aliphatic heterocycles. The molecule has 2 rings (SSSR count). The summed E-state index contributed by atoms with van der Waals surface area (Å²) in [6.45, 7) is 13.4. The predicted octanol–water partition coefficient (Wildman–Crippen LogP) is 5.04. The van der Waals surface area contributed by atoms with Crippen LogP contribution < -0.4 is 0 Å². The van der Waals surface area contributed by atoms with E-state index < -0.39 is 5.60 Å². The molecule has 0 amide bonds. The predicted molar refractivity (Wildman–Crippen MR) is 86.0 cm³/mol. The summed E-state index contributed by atoms with van der Waals surface area (Å²) in [5, 5.41) is 11.1. The van der Waals surface area contributed by atoms with Crippen LogP contribution in [-0.2, 0) is 5.60 Å². The summed E-state index contributed by atoms with van der Waals surface area (Å²) >= 11 is 0. The van der Waals surface area contributed by atoms with E-state index in [1.54, 1.807) is 0 Å². The molecule has 112 valence electrons. The van der Waals surface area contributed by atoms with Gasteiger partial charge in [-0.2, -0.15) is 0 Å². The summed E-state index contributed by atoms with van der Waals surface area (Å²) in [6.07, 6.45) is 4.06. The Bertz CT molecular complexity index is 485. The fourth-order valence-electron chi connectivity index (χ4n) is 3.69. The lowest BCUT2D eigenvalue weighted by atomic mass is 9.66. The molecule has 0 saturated heterocycles. The third kappa shape index (κ3) is 2.93. The Morgan fingerprint density at radius 2 is 1.45 bits per heavy atom. The Kier molecular flexibility index (Phi) is 4.03. The van der Waals surface area contributed by atoms with Crippen molar-refractivity contribution in [2.45, 2.75) is 72.8 Å². The van der Waals surface area contributed by atoms with Crippen molar-refractivity contribution >= 4 is 0 Å². The van der Waals surface area contributed by atoms with Gasteiger partial charge in [-0.15, -0.1) is 0 Å². The van der Waals surface area contributed by atoms with E-state index in [4.69, 9.17) is 0 Å². The quantitative estimate of drug-likeness (QED) is 0.761. The lowest BCUT2D eigenvalue weighted by molar-refractivity contribution is -0.0302. The first-order valence-corrected chi connectivity index (χ1v) is 7.94. The Morgan fingerprint density at radius 3 is 1.95 bits per heavy atom. The third-order valence-corrected chi connectivity index (χ3v) is 5.38. The number of aryl methyl sites for hydroxylation is 3. The molecule has 1 nitrogen and oxygen atoms in total. The molecule has 0 atom stereocenters. The standard InChI is InChI=1S/C19H30O/c1-13-11-15(3)17(12-14(13)2)19(20)9-7-16(8-10-19)18(4,5)6/h11-12,16,20H,7-10H2,1-6H3. The minimum Gasteiger partial charge on any atom is -0.385 e. The molecule has 1 fully saturated rings. The van der Waals surface area contributed by atoms with Gasteiger partial charge < -0.3 is 5.11 Å². The molecule has 0 radical (unpaired) electrons. The number of aliphatic hydroxyl groups is 1. The highest BCUT2D eigenvalue weighted by Gasteiger charge is 2.39. The number of hydrogen-bond acceptors (Lipinski definition) is 1. The minimum atomic E-state index is -0.607. The van der Waals surface area contributed by atoms with Crippen LogP contribution in [0.5, 0.6) is 0 Å². The van der Waals surface area contributed by atoms with Gasteiger partial charge in [0.1, 0.15) is 0 Å². The second-order valence-electron chi connectivity index (χ2n) is 7.92. The molecule has 20 heavy (non-hydrogen) atoms. The van der Waals surface area contributed by atoms with E-state index in [2.05, 4.69) is 53.7 Å². The van der Waals surface area contributed by atoms with Crippen molar-refractivity contribution in [2.75, 3.05) is 0 Å². The third-order valence-electron chi connectivity index (χ3n) is 5.38. The second kappa shape index (κ2) is 5.18. The smallest absolute Gasteiger partial charge is 0.0899 e. The van der Waals surface area contributed by atoms with Crippen LogP contribution in [0.15, 0.2) is 12.1 Å².